The van der Waals surface area contributed by atoms with E-state index in [2.05, 4.69) is 16.0 Å². The van der Waals surface area contributed by atoms with Crippen molar-refractivity contribution in [2.45, 2.75) is 57.8 Å². The summed E-state index contributed by atoms with van der Waals surface area (Å²) in [5, 5.41) is 10.4. The lowest BCUT2D eigenvalue weighted by Crippen LogP contribution is -2.32. The molecule has 0 radical (unpaired) electrons. The summed E-state index contributed by atoms with van der Waals surface area (Å²) in [6, 6.07) is 0. The Balaban J connectivity index is 3.73. The summed E-state index contributed by atoms with van der Waals surface area (Å²) >= 11 is 0. The standard InChI is InChI=1S/C18H43N5/c1-21-13-7-3-2-4-10-18(16-22-14-8-5-11-19)17-23-15-9-6-12-20/h18,21-23H,2-17,19-20H2,1H3. The maximum Gasteiger partial charge on any atom is -0.000838 e. The summed E-state index contributed by atoms with van der Waals surface area (Å²) < 4.78 is 0. The maximum atomic E-state index is 5.54. The SMILES string of the molecule is CNCCCCCCC(CNCCCCN)CNCCCCN. The van der Waals surface area contributed by atoms with E-state index in [-0.39, 0.29) is 0 Å². The van der Waals surface area contributed by atoms with Gasteiger partial charge in [-0.25, -0.2) is 0 Å². The number of unbranched alkanes of at least 4 members (excludes halogenated alkanes) is 5. The first-order chi connectivity index (χ1) is 11.3. The van der Waals surface area contributed by atoms with Crippen LogP contribution in [0.15, 0.2) is 0 Å². The van der Waals surface area contributed by atoms with Crippen LogP contribution >= 0.6 is 0 Å². The first kappa shape index (κ1) is 22.8. The Hall–Kier alpha value is -0.200. The quantitative estimate of drug-likeness (QED) is 0.231. The summed E-state index contributed by atoms with van der Waals surface area (Å²) in [6.45, 7) is 7.22. The van der Waals surface area contributed by atoms with Crippen molar-refractivity contribution in [3.05, 3.63) is 0 Å². The first-order valence-electron chi connectivity index (χ1n) is 9.81. The zero-order valence-corrected chi connectivity index (χ0v) is 15.5. The van der Waals surface area contributed by atoms with Crippen molar-refractivity contribution in [1.82, 2.24) is 16.0 Å². The van der Waals surface area contributed by atoms with Crippen LogP contribution in [0.25, 0.3) is 0 Å². The normalized spacial score (nSPS) is 11.5. The van der Waals surface area contributed by atoms with E-state index in [0.717, 1.165) is 64.6 Å². The summed E-state index contributed by atoms with van der Waals surface area (Å²) in [4.78, 5) is 0. The van der Waals surface area contributed by atoms with Gasteiger partial charge in [0.15, 0.2) is 0 Å². The van der Waals surface area contributed by atoms with Crippen molar-refractivity contribution < 1.29 is 0 Å². The van der Waals surface area contributed by atoms with Crippen LogP contribution in [-0.4, -0.2) is 52.9 Å². The molecule has 23 heavy (non-hydrogen) atoms. The minimum Gasteiger partial charge on any atom is -0.330 e. The molecule has 0 saturated carbocycles. The maximum absolute atomic E-state index is 5.54. The molecule has 0 aliphatic carbocycles. The summed E-state index contributed by atoms with van der Waals surface area (Å²) in [6.07, 6.45) is 11.3. The van der Waals surface area contributed by atoms with Gasteiger partial charge in [-0.3, -0.25) is 0 Å². The molecule has 0 fully saturated rings. The second-order valence-corrected chi connectivity index (χ2v) is 6.57. The molecule has 0 atom stereocenters. The lowest BCUT2D eigenvalue weighted by Gasteiger charge is -2.18. The van der Waals surface area contributed by atoms with Crippen LogP contribution in [0, 0.1) is 5.92 Å². The third kappa shape index (κ3) is 18.0. The van der Waals surface area contributed by atoms with Gasteiger partial charge >= 0.3 is 0 Å². The monoisotopic (exact) mass is 329 g/mol. The number of hydrogen-bond acceptors (Lipinski definition) is 5. The first-order valence-corrected chi connectivity index (χ1v) is 9.81. The summed E-state index contributed by atoms with van der Waals surface area (Å²) in [7, 11) is 2.03. The van der Waals surface area contributed by atoms with E-state index in [9.17, 15) is 0 Å². The molecule has 0 heterocycles. The minimum absolute atomic E-state index is 0.745. The fourth-order valence-corrected chi connectivity index (χ4v) is 2.77. The predicted molar refractivity (Wildman–Crippen MR) is 103 cm³/mol. The molecule has 140 valence electrons. The molecule has 0 amide bonds. The topological polar surface area (TPSA) is 88.1 Å². The van der Waals surface area contributed by atoms with Crippen LogP contribution in [0.4, 0.5) is 0 Å². The Morgan fingerprint density at radius 1 is 0.652 bits per heavy atom. The molecule has 5 nitrogen and oxygen atoms in total. The molecule has 0 spiro atoms. The van der Waals surface area contributed by atoms with E-state index in [4.69, 9.17) is 11.5 Å². The van der Waals surface area contributed by atoms with Gasteiger partial charge in [-0.2, -0.15) is 0 Å². The molecule has 0 bridgehead atoms. The van der Waals surface area contributed by atoms with Crippen LogP contribution in [0.1, 0.15) is 57.8 Å². The van der Waals surface area contributed by atoms with Crippen LogP contribution in [0.5, 0.6) is 0 Å². The van der Waals surface area contributed by atoms with Crippen LogP contribution < -0.4 is 27.4 Å². The molecule has 0 aliphatic rings. The van der Waals surface area contributed by atoms with E-state index in [1.54, 1.807) is 0 Å². The Morgan fingerprint density at radius 3 is 1.70 bits per heavy atom. The molecule has 0 aromatic heterocycles. The van der Waals surface area contributed by atoms with Crippen molar-refractivity contribution in [1.29, 1.82) is 0 Å². The van der Waals surface area contributed by atoms with Crippen LogP contribution in [-0.2, 0) is 0 Å². The highest BCUT2D eigenvalue weighted by Gasteiger charge is 2.08. The molecular weight excluding hydrogens is 286 g/mol. The average molecular weight is 330 g/mol. The molecule has 0 rings (SSSR count). The minimum atomic E-state index is 0.745. The van der Waals surface area contributed by atoms with Gasteiger partial charge in [0.25, 0.3) is 0 Å². The smallest absolute Gasteiger partial charge is 0.000838 e. The molecule has 5 heteroatoms. The number of nitrogens with two attached hydrogens (primary N) is 2. The van der Waals surface area contributed by atoms with E-state index in [1.165, 1.54) is 44.9 Å². The molecule has 0 unspecified atom stereocenters. The summed E-state index contributed by atoms with van der Waals surface area (Å²) in [5.74, 6) is 0.745. The molecular formula is C18H43N5. The highest BCUT2D eigenvalue weighted by molar-refractivity contribution is 4.66. The zero-order chi connectivity index (χ0) is 17.0. The van der Waals surface area contributed by atoms with Crippen molar-refractivity contribution >= 4 is 0 Å². The fraction of sp³-hybridized carbons (Fsp3) is 1.00. The van der Waals surface area contributed by atoms with Gasteiger partial charge in [0.1, 0.15) is 0 Å². The Labute approximate surface area is 144 Å². The van der Waals surface area contributed by atoms with Gasteiger partial charge < -0.3 is 27.4 Å². The third-order valence-corrected chi connectivity index (χ3v) is 4.27. The van der Waals surface area contributed by atoms with E-state index < -0.39 is 0 Å². The summed E-state index contributed by atoms with van der Waals surface area (Å²) in [5.41, 5.74) is 11.1. The van der Waals surface area contributed by atoms with Gasteiger partial charge in [0.05, 0.1) is 0 Å². The molecule has 0 aromatic carbocycles. The number of nitrogens with one attached hydrogen (secondary N) is 3. The lowest BCUT2D eigenvalue weighted by atomic mass is 10.00. The second kappa shape index (κ2) is 19.8. The molecule has 7 N–H and O–H groups in total. The van der Waals surface area contributed by atoms with Gasteiger partial charge in [0.2, 0.25) is 0 Å². The van der Waals surface area contributed by atoms with Gasteiger partial charge in [-0.15, -0.1) is 0 Å². The van der Waals surface area contributed by atoms with E-state index in [0.29, 0.717) is 0 Å². The lowest BCUT2D eigenvalue weighted by molar-refractivity contribution is 0.395. The second-order valence-electron chi connectivity index (χ2n) is 6.57. The van der Waals surface area contributed by atoms with Crippen molar-refractivity contribution in [3.63, 3.8) is 0 Å². The van der Waals surface area contributed by atoms with Crippen LogP contribution in [0.2, 0.25) is 0 Å². The van der Waals surface area contributed by atoms with Crippen molar-refractivity contribution in [2.75, 3.05) is 52.9 Å². The van der Waals surface area contributed by atoms with Crippen LogP contribution in [0.3, 0.4) is 0 Å². The van der Waals surface area contributed by atoms with E-state index >= 15 is 0 Å². The fourth-order valence-electron chi connectivity index (χ4n) is 2.77. The molecule has 0 aromatic rings. The highest BCUT2D eigenvalue weighted by atomic mass is 14.9. The van der Waals surface area contributed by atoms with E-state index in [1.807, 2.05) is 7.05 Å². The van der Waals surface area contributed by atoms with Gasteiger partial charge in [0, 0.05) is 0 Å². The largest absolute Gasteiger partial charge is 0.330 e. The Morgan fingerprint density at radius 2 is 1.17 bits per heavy atom. The Bertz CT molecular complexity index is 200. The highest BCUT2D eigenvalue weighted by Crippen LogP contribution is 2.10. The number of rotatable bonds is 19. The molecule has 0 saturated heterocycles. The average Bonchev–Trinajstić information content (AvgIpc) is 2.56. The van der Waals surface area contributed by atoms with Crippen molar-refractivity contribution in [2.24, 2.45) is 17.4 Å². The predicted octanol–water partition coefficient (Wildman–Crippen LogP) is 1.43. The molecule has 0 aliphatic heterocycles. The third-order valence-electron chi connectivity index (χ3n) is 4.27. The number of hydrogen-bond donors (Lipinski definition) is 5. The Kier molecular flexibility index (Phi) is 19.7. The van der Waals surface area contributed by atoms with Gasteiger partial charge in [-0.05, 0) is 97.3 Å². The zero-order valence-electron chi connectivity index (χ0n) is 15.5. The van der Waals surface area contributed by atoms with Gasteiger partial charge in [-0.1, -0.05) is 19.3 Å². The van der Waals surface area contributed by atoms with Crippen molar-refractivity contribution in [3.8, 4) is 0 Å².